The predicted octanol–water partition coefficient (Wildman–Crippen LogP) is 4.57. The first kappa shape index (κ1) is 16.9. The molecule has 0 saturated carbocycles. The van der Waals surface area contributed by atoms with Gasteiger partial charge in [0.05, 0.1) is 10.6 Å². The smallest absolute Gasteiger partial charge is 0.258 e. The molecule has 0 aliphatic rings. The molecule has 0 bridgehead atoms. The van der Waals surface area contributed by atoms with Crippen LogP contribution in [0.3, 0.4) is 0 Å². The van der Waals surface area contributed by atoms with Crippen LogP contribution in [0.4, 0.5) is 21.7 Å². The lowest BCUT2D eigenvalue weighted by molar-refractivity contribution is 0.102. The third-order valence-corrected chi connectivity index (χ3v) is 3.77. The second kappa shape index (κ2) is 7.27. The van der Waals surface area contributed by atoms with Crippen LogP contribution in [0.15, 0.2) is 54.9 Å². The molecule has 25 heavy (non-hydrogen) atoms. The van der Waals surface area contributed by atoms with E-state index in [2.05, 4.69) is 20.6 Å². The molecule has 0 unspecified atom stereocenters. The monoisotopic (exact) mass is 356 g/mol. The van der Waals surface area contributed by atoms with E-state index in [9.17, 15) is 9.18 Å². The van der Waals surface area contributed by atoms with E-state index in [4.69, 9.17) is 11.6 Å². The molecule has 0 aliphatic heterocycles. The van der Waals surface area contributed by atoms with E-state index in [0.29, 0.717) is 11.3 Å². The number of nitrogens with one attached hydrogen (secondary N) is 2. The summed E-state index contributed by atoms with van der Waals surface area (Å²) in [5, 5.41) is 5.70. The SMILES string of the molecule is Cc1ccccc1NC(=O)c1cnc(Nc2ccc(F)c(Cl)c2)nc1. The highest BCUT2D eigenvalue weighted by molar-refractivity contribution is 6.31. The van der Waals surface area contributed by atoms with Crippen LogP contribution >= 0.6 is 11.6 Å². The van der Waals surface area contributed by atoms with Gasteiger partial charge in [0, 0.05) is 23.8 Å². The van der Waals surface area contributed by atoms with Gasteiger partial charge in [-0.3, -0.25) is 4.79 Å². The fraction of sp³-hybridized carbons (Fsp3) is 0.0556. The van der Waals surface area contributed by atoms with Crippen molar-refractivity contribution in [1.29, 1.82) is 0 Å². The fourth-order valence-corrected chi connectivity index (χ4v) is 2.30. The molecule has 0 saturated heterocycles. The van der Waals surface area contributed by atoms with E-state index in [-0.39, 0.29) is 16.9 Å². The highest BCUT2D eigenvalue weighted by atomic mass is 35.5. The molecule has 3 aromatic rings. The van der Waals surface area contributed by atoms with Crippen LogP contribution in [0.1, 0.15) is 15.9 Å². The van der Waals surface area contributed by atoms with Crippen LogP contribution in [0.2, 0.25) is 5.02 Å². The molecule has 3 rings (SSSR count). The third-order valence-electron chi connectivity index (χ3n) is 3.48. The summed E-state index contributed by atoms with van der Waals surface area (Å²) in [5.74, 6) is -0.530. The number of para-hydroxylation sites is 1. The molecule has 1 heterocycles. The number of nitrogens with zero attached hydrogens (tertiary/aromatic N) is 2. The van der Waals surface area contributed by atoms with Crippen molar-refractivity contribution in [3.05, 3.63) is 76.8 Å². The van der Waals surface area contributed by atoms with Gasteiger partial charge in [-0.05, 0) is 36.8 Å². The van der Waals surface area contributed by atoms with Crippen LogP contribution in [-0.4, -0.2) is 15.9 Å². The van der Waals surface area contributed by atoms with Crippen molar-refractivity contribution in [3.8, 4) is 0 Å². The number of hydrogen-bond acceptors (Lipinski definition) is 4. The van der Waals surface area contributed by atoms with Crippen molar-refractivity contribution in [1.82, 2.24) is 9.97 Å². The van der Waals surface area contributed by atoms with Gasteiger partial charge in [-0.2, -0.15) is 0 Å². The number of benzene rings is 2. The first-order valence-electron chi connectivity index (χ1n) is 7.44. The van der Waals surface area contributed by atoms with Crippen molar-refractivity contribution >= 4 is 34.8 Å². The third kappa shape index (κ3) is 4.10. The molecule has 2 N–H and O–H groups in total. The van der Waals surface area contributed by atoms with Crippen LogP contribution in [0.5, 0.6) is 0 Å². The van der Waals surface area contributed by atoms with Gasteiger partial charge in [0.2, 0.25) is 5.95 Å². The van der Waals surface area contributed by atoms with Gasteiger partial charge in [-0.25, -0.2) is 14.4 Å². The number of rotatable bonds is 4. The molecule has 0 fully saturated rings. The van der Waals surface area contributed by atoms with Gasteiger partial charge < -0.3 is 10.6 Å². The maximum absolute atomic E-state index is 13.2. The Bertz CT molecular complexity index is 915. The lowest BCUT2D eigenvalue weighted by atomic mass is 10.2. The average Bonchev–Trinajstić information content (AvgIpc) is 2.61. The average molecular weight is 357 g/mol. The molecule has 2 aromatic carbocycles. The molecule has 0 radical (unpaired) electrons. The van der Waals surface area contributed by atoms with Crippen LogP contribution in [0.25, 0.3) is 0 Å². The Balaban J connectivity index is 1.70. The number of carbonyl (C=O) groups excluding carboxylic acids is 1. The van der Waals surface area contributed by atoms with E-state index >= 15 is 0 Å². The summed E-state index contributed by atoms with van der Waals surface area (Å²) >= 11 is 5.73. The van der Waals surface area contributed by atoms with Gasteiger partial charge in [0.1, 0.15) is 5.82 Å². The van der Waals surface area contributed by atoms with E-state index in [0.717, 1.165) is 11.3 Å². The molecular weight excluding hydrogens is 343 g/mol. The Morgan fingerprint density at radius 3 is 2.52 bits per heavy atom. The van der Waals surface area contributed by atoms with Gasteiger partial charge in [-0.15, -0.1) is 0 Å². The maximum atomic E-state index is 13.2. The summed E-state index contributed by atoms with van der Waals surface area (Å²) in [4.78, 5) is 20.4. The Morgan fingerprint density at radius 2 is 1.84 bits per heavy atom. The predicted molar refractivity (Wildman–Crippen MR) is 95.9 cm³/mol. The highest BCUT2D eigenvalue weighted by Gasteiger charge is 2.09. The van der Waals surface area contributed by atoms with E-state index < -0.39 is 5.82 Å². The number of carbonyl (C=O) groups is 1. The van der Waals surface area contributed by atoms with Crippen LogP contribution in [-0.2, 0) is 0 Å². The summed E-state index contributed by atoms with van der Waals surface area (Å²) in [5.41, 5.74) is 2.56. The van der Waals surface area contributed by atoms with Crippen molar-refractivity contribution in [2.45, 2.75) is 6.92 Å². The quantitative estimate of drug-likeness (QED) is 0.718. The Kier molecular flexibility index (Phi) is 4.90. The number of halogens is 2. The molecule has 1 aromatic heterocycles. The molecule has 0 aliphatic carbocycles. The lowest BCUT2D eigenvalue weighted by Crippen LogP contribution is -2.13. The van der Waals surface area contributed by atoms with Crippen LogP contribution < -0.4 is 10.6 Å². The summed E-state index contributed by atoms with van der Waals surface area (Å²) in [6.07, 6.45) is 2.82. The zero-order valence-corrected chi connectivity index (χ0v) is 14.0. The Morgan fingerprint density at radius 1 is 1.12 bits per heavy atom. The molecule has 7 heteroatoms. The van der Waals surface area contributed by atoms with E-state index in [1.807, 2.05) is 31.2 Å². The zero-order valence-electron chi connectivity index (χ0n) is 13.3. The first-order chi connectivity index (χ1) is 12.0. The lowest BCUT2D eigenvalue weighted by Gasteiger charge is -2.08. The minimum Gasteiger partial charge on any atom is -0.324 e. The highest BCUT2D eigenvalue weighted by Crippen LogP contribution is 2.21. The van der Waals surface area contributed by atoms with E-state index in [1.54, 1.807) is 0 Å². The number of aromatic nitrogens is 2. The molecule has 0 atom stereocenters. The van der Waals surface area contributed by atoms with Crippen molar-refractivity contribution in [3.63, 3.8) is 0 Å². The molecule has 5 nitrogen and oxygen atoms in total. The maximum Gasteiger partial charge on any atom is 0.258 e. The van der Waals surface area contributed by atoms with Gasteiger partial charge in [-0.1, -0.05) is 29.8 Å². The van der Waals surface area contributed by atoms with Gasteiger partial charge >= 0.3 is 0 Å². The summed E-state index contributed by atoms with van der Waals surface area (Å²) in [7, 11) is 0. The second-order valence-electron chi connectivity index (χ2n) is 5.32. The minimum atomic E-state index is -0.503. The zero-order chi connectivity index (χ0) is 17.8. The topological polar surface area (TPSA) is 66.9 Å². The summed E-state index contributed by atoms with van der Waals surface area (Å²) in [6.45, 7) is 1.91. The van der Waals surface area contributed by atoms with Crippen molar-refractivity contribution < 1.29 is 9.18 Å². The largest absolute Gasteiger partial charge is 0.324 e. The van der Waals surface area contributed by atoms with Crippen molar-refractivity contribution in [2.75, 3.05) is 10.6 Å². The second-order valence-corrected chi connectivity index (χ2v) is 5.73. The summed E-state index contributed by atoms with van der Waals surface area (Å²) < 4.78 is 13.2. The fourth-order valence-electron chi connectivity index (χ4n) is 2.12. The number of hydrogen-bond donors (Lipinski definition) is 2. The summed E-state index contributed by atoms with van der Waals surface area (Å²) in [6, 6.07) is 11.7. The molecule has 126 valence electrons. The number of amides is 1. The van der Waals surface area contributed by atoms with Crippen LogP contribution in [0, 0.1) is 12.7 Å². The molecule has 0 spiro atoms. The van der Waals surface area contributed by atoms with Gasteiger partial charge in [0.25, 0.3) is 5.91 Å². The molecular formula is C18H14ClFN4O. The number of aryl methyl sites for hydroxylation is 1. The number of anilines is 3. The van der Waals surface area contributed by atoms with E-state index in [1.165, 1.54) is 30.6 Å². The Hall–Kier alpha value is -2.99. The van der Waals surface area contributed by atoms with Crippen molar-refractivity contribution in [2.24, 2.45) is 0 Å². The molecule has 1 amide bonds. The van der Waals surface area contributed by atoms with Gasteiger partial charge in [0.15, 0.2) is 0 Å². The normalized spacial score (nSPS) is 10.4. The minimum absolute atomic E-state index is 0.000714. The Labute approximate surface area is 148 Å². The first-order valence-corrected chi connectivity index (χ1v) is 7.82. The standard InChI is InChI=1S/C18H14ClFN4O/c1-11-4-2-3-5-16(11)24-17(25)12-9-21-18(22-10-12)23-13-6-7-15(20)14(19)8-13/h2-10H,1H3,(H,24,25)(H,21,22,23).